The van der Waals surface area contributed by atoms with Crippen molar-refractivity contribution >= 4 is 15.9 Å². The maximum Gasteiger partial charge on any atom is 0.0239 e. The Bertz CT molecular complexity index is 299. The van der Waals surface area contributed by atoms with Gasteiger partial charge in [0.2, 0.25) is 0 Å². The molecule has 0 saturated heterocycles. The minimum absolute atomic E-state index is 0.587. The normalized spacial score (nSPS) is 11.7. The van der Waals surface area contributed by atoms with Crippen molar-refractivity contribution in [2.75, 3.05) is 0 Å². The highest BCUT2D eigenvalue weighted by Gasteiger charge is 2.13. The summed E-state index contributed by atoms with van der Waals surface area (Å²) >= 11 is 3.51. The number of hydrogen-bond donors (Lipinski definition) is 0. The molecule has 0 N–H and O–H groups in total. The molecule has 84 valence electrons. The Hall–Kier alpha value is -0.340. The molecule has 0 aliphatic carbocycles. The van der Waals surface area contributed by atoms with Crippen LogP contribution in [0.25, 0.3) is 0 Å². The van der Waals surface area contributed by atoms with Crippen LogP contribution in [0.3, 0.4) is 0 Å². The van der Waals surface area contributed by atoms with E-state index in [2.05, 4.69) is 72.8 Å². The van der Waals surface area contributed by atoms with Crippen molar-refractivity contribution < 1.29 is 0 Å². The summed E-state index contributed by atoms with van der Waals surface area (Å²) in [5, 5.41) is 0. The first kappa shape index (κ1) is 12.7. The lowest BCUT2D eigenvalue weighted by Crippen LogP contribution is -2.36. The van der Waals surface area contributed by atoms with E-state index < -0.39 is 0 Å². The van der Waals surface area contributed by atoms with E-state index in [1.165, 1.54) is 5.56 Å². The van der Waals surface area contributed by atoms with Gasteiger partial charge in [-0.2, -0.15) is 0 Å². The quantitative estimate of drug-likeness (QED) is 0.797. The fraction of sp³-hybridized carbons (Fsp3) is 0.538. The number of halogens is 1. The SMILES string of the molecule is CC(C)N(Cc1cccc(Br)c1)C(C)C. The molecule has 15 heavy (non-hydrogen) atoms. The van der Waals surface area contributed by atoms with Crippen LogP contribution in [-0.2, 0) is 6.54 Å². The molecule has 0 amide bonds. The van der Waals surface area contributed by atoms with Gasteiger partial charge in [0.1, 0.15) is 0 Å². The van der Waals surface area contributed by atoms with E-state index in [0.717, 1.165) is 11.0 Å². The highest BCUT2D eigenvalue weighted by Crippen LogP contribution is 2.16. The first-order valence-electron chi connectivity index (χ1n) is 5.51. The summed E-state index contributed by atoms with van der Waals surface area (Å²) in [4.78, 5) is 2.49. The fourth-order valence-electron chi connectivity index (χ4n) is 1.81. The van der Waals surface area contributed by atoms with Gasteiger partial charge in [-0.3, -0.25) is 4.90 Å². The lowest BCUT2D eigenvalue weighted by atomic mass is 10.1. The largest absolute Gasteiger partial charge is 0.294 e. The van der Waals surface area contributed by atoms with Crippen LogP contribution in [-0.4, -0.2) is 17.0 Å². The molecule has 0 heterocycles. The Kier molecular flexibility index (Phi) is 4.81. The van der Waals surface area contributed by atoms with Gasteiger partial charge in [0.05, 0.1) is 0 Å². The van der Waals surface area contributed by atoms with Crippen molar-refractivity contribution in [1.82, 2.24) is 4.90 Å². The maximum absolute atomic E-state index is 3.51. The molecule has 0 aliphatic rings. The first-order chi connectivity index (χ1) is 7.00. The van der Waals surface area contributed by atoms with E-state index in [1.54, 1.807) is 0 Å². The second-order valence-electron chi connectivity index (χ2n) is 4.49. The van der Waals surface area contributed by atoms with E-state index in [-0.39, 0.29) is 0 Å². The predicted molar refractivity (Wildman–Crippen MR) is 70.0 cm³/mol. The molecule has 1 aromatic carbocycles. The Balaban J connectivity index is 2.74. The minimum atomic E-state index is 0.587. The third-order valence-corrected chi connectivity index (χ3v) is 3.07. The highest BCUT2D eigenvalue weighted by molar-refractivity contribution is 9.10. The zero-order chi connectivity index (χ0) is 11.4. The van der Waals surface area contributed by atoms with Crippen molar-refractivity contribution in [2.45, 2.75) is 46.3 Å². The Labute approximate surface area is 102 Å². The molecule has 2 heteroatoms. The summed E-state index contributed by atoms with van der Waals surface area (Å²) in [6.45, 7) is 10.0. The Morgan fingerprint density at radius 1 is 1.13 bits per heavy atom. The molecule has 0 bridgehead atoms. The van der Waals surface area contributed by atoms with Crippen molar-refractivity contribution in [3.63, 3.8) is 0 Å². The van der Waals surface area contributed by atoms with Gasteiger partial charge in [0, 0.05) is 23.1 Å². The van der Waals surface area contributed by atoms with Gasteiger partial charge in [-0.25, -0.2) is 0 Å². The molecule has 0 fully saturated rings. The molecule has 1 nitrogen and oxygen atoms in total. The highest BCUT2D eigenvalue weighted by atomic mass is 79.9. The third kappa shape index (κ3) is 3.96. The van der Waals surface area contributed by atoms with Gasteiger partial charge in [0.15, 0.2) is 0 Å². The molecular formula is C13H20BrN. The first-order valence-corrected chi connectivity index (χ1v) is 6.30. The van der Waals surface area contributed by atoms with Crippen LogP contribution in [0, 0.1) is 0 Å². The summed E-state index contributed by atoms with van der Waals surface area (Å²) in [5.74, 6) is 0. The van der Waals surface area contributed by atoms with Gasteiger partial charge < -0.3 is 0 Å². The molecule has 0 spiro atoms. The van der Waals surface area contributed by atoms with Crippen molar-refractivity contribution in [3.05, 3.63) is 34.3 Å². The average molecular weight is 270 g/mol. The van der Waals surface area contributed by atoms with Crippen LogP contribution in [0.1, 0.15) is 33.3 Å². The minimum Gasteiger partial charge on any atom is -0.294 e. The Morgan fingerprint density at radius 2 is 1.73 bits per heavy atom. The molecule has 0 saturated carbocycles. The fourth-order valence-corrected chi connectivity index (χ4v) is 2.25. The molecule has 0 aliphatic heterocycles. The summed E-state index contributed by atoms with van der Waals surface area (Å²) < 4.78 is 1.16. The third-order valence-electron chi connectivity index (χ3n) is 2.58. The van der Waals surface area contributed by atoms with Crippen LogP contribution < -0.4 is 0 Å². The Morgan fingerprint density at radius 3 is 2.20 bits per heavy atom. The van der Waals surface area contributed by atoms with Gasteiger partial charge in [-0.1, -0.05) is 28.1 Å². The van der Waals surface area contributed by atoms with Crippen molar-refractivity contribution in [3.8, 4) is 0 Å². The van der Waals surface area contributed by atoms with Crippen LogP contribution >= 0.6 is 15.9 Å². The zero-order valence-electron chi connectivity index (χ0n) is 10.00. The van der Waals surface area contributed by atoms with E-state index in [1.807, 2.05) is 0 Å². The molecule has 0 unspecified atom stereocenters. The van der Waals surface area contributed by atoms with Crippen molar-refractivity contribution in [1.29, 1.82) is 0 Å². The summed E-state index contributed by atoms with van der Waals surface area (Å²) in [6, 6.07) is 9.71. The predicted octanol–water partition coefficient (Wildman–Crippen LogP) is 4.07. The summed E-state index contributed by atoms with van der Waals surface area (Å²) in [7, 11) is 0. The molecular weight excluding hydrogens is 250 g/mol. The average Bonchev–Trinajstić information content (AvgIpc) is 2.13. The second kappa shape index (κ2) is 5.66. The van der Waals surface area contributed by atoms with Gasteiger partial charge in [-0.15, -0.1) is 0 Å². The monoisotopic (exact) mass is 269 g/mol. The molecule has 1 rings (SSSR count). The number of benzene rings is 1. The van der Waals surface area contributed by atoms with Crippen LogP contribution in [0.2, 0.25) is 0 Å². The van der Waals surface area contributed by atoms with Gasteiger partial charge >= 0.3 is 0 Å². The van der Waals surface area contributed by atoms with E-state index >= 15 is 0 Å². The standard InChI is InChI=1S/C13H20BrN/c1-10(2)15(11(3)4)9-12-6-5-7-13(14)8-12/h5-8,10-11H,9H2,1-4H3. The number of hydrogen-bond acceptors (Lipinski definition) is 1. The van der Waals surface area contributed by atoms with E-state index in [0.29, 0.717) is 12.1 Å². The number of nitrogens with zero attached hydrogens (tertiary/aromatic N) is 1. The van der Waals surface area contributed by atoms with Crippen LogP contribution in [0.15, 0.2) is 28.7 Å². The van der Waals surface area contributed by atoms with Gasteiger partial charge in [-0.05, 0) is 45.4 Å². The molecule has 0 atom stereocenters. The maximum atomic E-state index is 3.51. The molecule has 1 aromatic rings. The summed E-state index contributed by atoms with van der Waals surface area (Å²) in [6.07, 6.45) is 0. The van der Waals surface area contributed by atoms with Crippen LogP contribution in [0.5, 0.6) is 0 Å². The molecule has 0 aromatic heterocycles. The van der Waals surface area contributed by atoms with Crippen molar-refractivity contribution in [2.24, 2.45) is 0 Å². The zero-order valence-corrected chi connectivity index (χ0v) is 11.6. The smallest absolute Gasteiger partial charge is 0.0239 e. The summed E-state index contributed by atoms with van der Waals surface area (Å²) in [5.41, 5.74) is 1.37. The van der Waals surface area contributed by atoms with E-state index in [9.17, 15) is 0 Å². The van der Waals surface area contributed by atoms with E-state index in [4.69, 9.17) is 0 Å². The lowest BCUT2D eigenvalue weighted by molar-refractivity contribution is 0.166. The van der Waals surface area contributed by atoms with Gasteiger partial charge in [0.25, 0.3) is 0 Å². The van der Waals surface area contributed by atoms with Crippen LogP contribution in [0.4, 0.5) is 0 Å². The second-order valence-corrected chi connectivity index (χ2v) is 5.41. The topological polar surface area (TPSA) is 3.24 Å². The number of rotatable bonds is 4. The molecule has 0 radical (unpaired) electrons. The lowest BCUT2D eigenvalue weighted by Gasteiger charge is -2.30.